The Balaban J connectivity index is 2.30. The molecule has 0 N–H and O–H groups in total. The Morgan fingerprint density at radius 1 is 1.43 bits per heavy atom. The Labute approximate surface area is 129 Å². The largest absolute Gasteiger partial charge is 0.305 e. The van der Waals surface area contributed by atoms with E-state index in [2.05, 4.69) is 10.1 Å². The van der Waals surface area contributed by atoms with Gasteiger partial charge in [0, 0.05) is 6.54 Å². The molecule has 8 heteroatoms. The highest BCUT2D eigenvalue weighted by Gasteiger charge is 2.42. The van der Waals surface area contributed by atoms with Gasteiger partial charge in [0.05, 0.1) is 28.6 Å². The Hall–Kier alpha value is -1.08. The Kier molecular flexibility index (Phi) is 3.33. The van der Waals surface area contributed by atoms with Gasteiger partial charge in [-0.05, 0) is 27.2 Å². The number of aryl methyl sites for hydroxylation is 2. The number of halogens is 1. The van der Waals surface area contributed by atoms with Crippen LogP contribution in [0.5, 0.6) is 0 Å². The number of fused-ring (bicyclic) bond motifs is 1. The zero-order valence-electron chi connectivity index (χ0n) is 12.4. The maximum atomic E-state index is 11.9. The zero-order valence-corrected chi connectivity index (χ0v) is 14.0. The van der Waals surface area contributed by atoms with Crippen LogP contribution in [0, 0.1) is 6.92 Å². The third-order valence-corrected chi connectivity index (χ3v) is 6.35. The lowest BCUT2D eigenvalue weighted by atomic mass is 10.0. The van der Waals surface area contributed by atoms with Crippen LogP contribution in [0.2, 0.25) is 0 Å². The van der Waals surface area contributed by atoms with Gasteiger partial charge in [-0.3, -0.25) is 0 Å². The van der Waals surface area contributed by atoms with Crippen molar-refractivity contribution in [1.82, 2.24) is 19.3 Å². The third-order valence-electron chi connectivity index (χ3n) is 4.22. The Bertz CT molecular complexity index is 808. The van der Waals surface area contributed by atoms with Crippen molar-refractivity contribution in [3.63, 3.8) is 0 Å². The molecule has 1 atom stereocenters. The topological polar surface area (TPSA) is 69.8 Å². The van der Waals surface area contributed by atoms with E-state index in [1.807, 2.05) is 30.0 Å². The van der Waals surface area contributed by atoms with E-state index < -0.39 is 15.4 Å². The molecule has 0 radical (unpaired) electrons. The van der Waals surface area contributed by atoms with E-state index in [4.69, 9.17) is 11.6 Å². The number of aromatic nitrogens is 4. The molecule has 6 nitrogen and oxygen atoms in total. The van der Waals surface area contributed by atoms with Crippen molar-refractivity contribution in [2.75, 3.05) is 11.5 Å². The summed E-state index contributed by atoms with van der Waals surface area (Å²) in [4.78, 5) is 4.59. The summed E-state index contributed by atoms with van der Waals surface area (Å²) in [5.74, 6) is 1.31. The number of imidazole rings is 1. The summed E-state index contributed by atoms with van der Waals surface area (Å²) in [5, 5.41) is 4.48. The summed E-state index contributed by atoms with van der Waals surface area (Å²) >= 11 is 6.06. The van der Waals surface area contributed by atoms with Crippen molar-refractivity contribution in [3.8, 4) is 0 Å². The number of hydrogen-bond acceptors (Lipinski definition) is 4. The molecule has 3 rings (SSSR count). The van der Waals surface area contributed by atoms with Crippen molar-refractivity contribution < 1.29 is 8.42 Å². The van der Waals surface area contributed by atoms with Crippen LogP contribution >= 0.6 is 11.6 Å². The molecule has 0 bridgehead atoms. The third kappa shape index (κ3) is 2.17. The highest BCUT2D eigenvalue weighted by Crippen LogP contribution is 2.36. The van der Waals surface area contributed by atoms with Crippen LogP contribution < -0.4 is 0 Å². The van der Waals surface area contributed by atoms with Gasteiger partial charge in [0.15, 0.2) is 15.5 Å². The predicted octanol–water partition coefficient (Wildman–Crippen LogP) is 1.83. The predicted molar refractivity (Wildman–Crippen MR) is 82.4 cm³/mol. The van der Waals surface area contributed by atoms with Gasteiger partial charge in [0.25, 0.3) is 0 Å². The summed E-state index contributed by atoms with van der Waals surface area (Å²) in [6.45, 7) is 6.60. The summed E-state index contributed by atoms with van der Waals surface area (Å²) in [7, 11) is -3.01. The van der Waals surface area contributed by atoms with Gasteiger partial charge >= 0.3 is 0 Å². The lowest BCUT2D eigenvalue weighted by Gasteiger charge is -2.27. The maximum absolute atomic E-state index is 11.9. The van der Waals surface area contributed by atoms with Crippen molar-refractivity contribution in [2.24, 2.45) is 0 Å². The van der Waals surface area contributed by atoms with Crippen LogP contribution in [-0.4, -0.2) is 39.3 Å². The van der Waals surface area contributed by atoms with E-state index >= 15 is 0 Å². The second-order valence-corrected chi connectivity index (χ2v) is 8.36. The molecule has 116 valence electrons. The van der Waals surface area contributed by atoms with Crippen LogP contribution in [-0.2, 0) is 27.8 Å². The van der Waals surface area contributed by atoms with E-state index in [1.54, 1.807) is 0 Å². The fourth-order valence-corrected chi connectivity index (χ4v) is 5.56. The molecule has 21 heavy (non-hydrogen) atoms. The second kappa shape index (κ2) is 4.71. The first-order valence-electron chi connectivity index (χ1n) is 7.03. The first-order valence-corrected chi connectivity index (χ1v) is 9.38. The minimum Gasteiger partial charge on any atom is -0.305 e. The molecule has 0 saturated carbocycles. The molecule has 0 aliphatic carbocycles. The van der Waals surface area contributed by atoms with Crippen LogP contribution in [0.1, 0.15) is 31.8 Å². The molecule has 0 amide bonds. The lowest BCUT2D eigenvalue weighted by molar-refractivity contribution is 0.360. The summed E-state index contributed by atoms with van der Waals surface area (Å²) in [5.41, 5.74) is 2.04. The van der Waals surface area contributed by atoms with Crippen molar-refractivity contribution in [1.29, 1.82) is 0 Å². The minimum absolute atomic E-state index is 0.128. The molecule has 1 aliphatic heterocycles. The highest BCUT2D eigenvalue weighted by molar-refractivity contribution is 7.91. The summed E-state index contributed by atoms with van der Waals surface area (Å²) < 4.78 is 27.8. The monoisotopic (exact) mass is 330 g/mol. The van der Waals surface area contributed by atoms with E-state index in [-0.39, 0.29) is 17.4 Å². The number of nitrogens with zero attached hydrogens (tertiary/aromatic N) is 4. The molecule has 1 aliphatic rings. The SMILES string of the molecule is CCn1nc(C)c2nc(CCl)n(C3(C)CCS(=O)(=O)C3)c21. The van der Waals surface area contributed by atoms with Gasteiger partial charge in [0.1, 0.15) is 11.3 Å². The Morgan fingerprint density at radius 2 is 2.14 bits per heavy atom. The van der Waals surface area contributed by atoms with Crippen LogP contribution in [0.3, 0.4) is 0 Å². The average molecular weight is 331 g/mol. The van der Waals surface area contributed by atoms with Crippen LogP contribution in [0.25, 0.3) is 11.2 Å². The molecule has 2 aromatic rings. The maximum Gasteiger partial charge on any atom is 0.159 e. The molecular weight excluding hydrogens is 312 g/mol. The first-order chi connectivity index (χ1) is 9.81. The van der Waals surface area contributed by atoms with Gasteiger partial charge in [-0.15, -0.1) is 11.6 Å². The fourth-order valence-electron chi connectivity index (χ4n) is 3.26. The molecule has 0 aromatic carbocycles. The summed E-state index contributed by atoms with van der Waals surface area (Å²) in [6.07, 6.45) is 0.582. The minimum atomic E-state index is -3.01. The standard InChI is InChI=1S/C13H19ClN4O2S/c1-4-17-12-11(9(2)16-17)15-10(7-14)18(12)13(3)5-6-21(19,20)8-13/h4-8H2,1-3H3. The highest BCUT2D eigenvalue weighted by atomic mass is 35.5. The molecule has 1 unspecified atom stereocenters. The van der Waals surface area contributed by atoms with Gasteiger partial charge in [-0.1, -0.05) is 0 Å². The van der Waals surface area contributed by atoms with E-state index in [9.17, 15) is 8.42 Å². The quantitative estimate of drug-likeness (QED) is 0.805. The molecule has 1 saturated heterocycles. The molecule has 1 fully saturated rings. The molecule has 3 heterocycles. The normalized spacial score (nSPS) is 25.0. The average Bonchev–Trinajstić information content (AvgIpc) is 3.02. The summed E-state index contributed by atoms with van der Waals surface area (Å²) in [6, 6.07) is 0. The molecule has 0 spiro atoms. The van der Waals surface area contributed by atoms with Crippen molar-refractivity contribution in [3.05, 3.63) is 11.5 Å². The van der Waals surface area contributed by atoms with Crippen LogP contribution in [0.4, 0.5) is 0 Å². The van der Waals surface area contributed by atoms with Gasteiger partial charge in [-0.25, -0.2) is 18.1 Å². The number of alkyl halides is 1. The van der Waals surface area contributed by atoms with E-state index in [0.29, 0.717) is 18.8 Å². The van der Waals surface area contributed by atoms with E-state index in [0.717, 1.165) is 16.9 Å². The zero-order chi connectivity index (χ0) is 15.4. The Morgan fingerprint density at radius 3 is 2.67 bits per heavy atom. The second-order valence-electron chi connectivity index (χ2n) is 5.91. The van der Waals surface area contributed by atoms with Crippen molar-refractivity contribution >= 4 is 32.6 Å². The van der Waals surface area contributed by atoms with E-state index in [1.165, 1.54) is 0 Å². The number of rotatable bonds is 3. The fraction of sp³-hybridized carbons (Fsp3) is 0.692. The van der Waals surface area contributed by atoms with Gasteiger partial charge in [0.2, 0.25) is 0 Å². The number of sulfone groups is 1. The van der Waals surface area contributed by atoms with Gasteiger partial charge < -0.3 is 4.57 Å². The molecular formula is C13H19ClN4O2S. The molecule has 2 aromatic heterocycles. The van der Waals surface area contributed by atoms with Crippen LogP contribution in [0.15, 0.2) is 0 Å². The number of hydrogen-bond donors (Lipinski definition) is 0. The lowest BCUT2D eigenvalue weighted by Crippen LogP contribution is -2.33. The first kappa shape index (κ1) is 14.8. The van der Waals surface area contributed by atoms with Gasteiger partial charge in [-0.2, -0.15) is 5.10 Å². The van der Waals surface area contributed by atoms with Crippen molar-refractivity contribution in [2.45, 2.75) is 45.2 Å². The smallest absolute Gasteiger partial charge is 0.159 e.